The molecule has 1 aliphatic rings. The quantitative estimate of drug-likeness (QED) is 0.745. The van der Waals surface area contributed by atoms with Crippen LogP contribution >= 0.6 is 0 Å². The van der Waals surface area contributed by atoms with E-state index in [9.17, 15) is 4.79 Å². The number of fused-ring (bicyclic) bond motifs is 1. The lowest BCUT2D eigenvalue weighted by molar-refractivity contribution is -0.129. The minimum absolute atomic E-state index is 0.184. The van der Waals surface area contributed by atoms with Gasteiger partial charge < -0.3 is 4.90 Å². The molecule has 1 aromatic carbocycles. The van der Waals surface area contributed by atoms with E-state index in [2.05, 4.69) is 25.1 Å². The van der Waals surface area contributed by atoms with Crippen molar-refractivity contribution in [2.75, 3.05) is 6.54 Å². The Morgan fingerprint density at radius 1 is 1.38 bits per heavy atom. The number of carbonyl (C=O) groups is 1. The first-order valence-corrected chi connectivity index (χ1v) is 6.07. The van der Waals surface area contributed by atoms with E-state index in [0.717, 1.165) is 25.9 Å². The van der Waals surface area contributed by atoms with E-state index in [4.69, 9.17) is 0 Å². The van der Waals surface area contributed by atoms with Crippen molar-refractivity contribution < 1.29 is 4.79 Å². The summed E-state index contributed by atoms with van der Waals surface area (Å²) < 4.78 is 0. The number of nitrogens with zero attached hydrogens (tertiary/aromatic N) is 1. The Kier molecular flexibility index (Phi) is 3.28. The second kappa shape index (κ2) is 4.69. The molecule has 16 heavy (non-hydrogen) atoms. The van der Waals surface area contributed by atoms with Crippen LogP contribution < -0.4 is 0 Å². The van der Waals surface area contributed by atoms with Crippen molar-refractivity contribution >= 4 is 5.91 Å². The molecule has 2 nitrogen and oxygen atoms in total. The molecule has 0 aromatic heterocycles. The van der Waals surface area contributed by atoms with Crippen molar-refractivity contribution in [2.24, 2.45) is 0 Å². The molecule has 2 heteroatoms. The molecule has 0 aliphatic carbocycles. The molecule has 0 radical (unpaired) electrons. The zero-order valence-corrected chi connectivity index (χ0v) is 10.1. The Labute approximate surface area is 97.3 Å². The number of carbonyl (C=O) groups excluding carboxylic acids is 1. The maximum atomic E-state index is 11.3. The molecular formula is C14H19NO. The summed E-state index contributed by atoms with van der Waals surface area (Å²) >= 11 is 0. The highest BCUT2D eigenvalue weighted by Crippen LogP contribution is 2.21. The fraction of sp³-hybridized carbons (Fsp3) is 0.500. The summed E-state index contributed by atoms with van der Waals surface area (Å²) in [6.07, 6.45) is 3.36. The third-order valence-corrected chi connectivity index (χ3v) is 3.27. The first kappa shape index (κ1) is 11.2. The molecule has 2 rings (SSSR count). The van der Waals surface area contributed by atoms with Crippen LogP contribution in [0, 0.1) is 0 Å². The smallest absolute Gasteiger partial charge is 0.219 e. The van der Waals surface area contributed by atoms with Gasteiger partial charge in [-0.3, -0.25) is 4.79 Å². The number of hydrogen-bond donors (Lipinski definition) is 0. The fourth-order valence-electron chi connectivity index (χ4n) is 2.32. The molecule has 1 aliphatic heterocycles. The zero-order chi connectivity index (χ0) is 11.5. The summed E-state index contributed by atoms with van der Waals surface area (Å²) in [7, 11) is 0. The molecular weight excluding hydrogens is 198 g/mol. The third kappa shape index (κ3) is 2.26. The van der Waals surface area contributed by atoms with Crippen LogP contribution in [0.1, 0.15) is 37.0 Å². The maximum Gasteiger partial charge on any atom is 0.219 e. The molecule has 86 valence electrons. The monoisotopic (exact) mass is 217 g/mol. The molecule has 0 bridgehead atoms. The third-order valence-electron chi connectivity index (χ3n) is 3.27. The number of hydrogen-bond acceptors (Lipinski definition) is 1. The van der Waals surface area contributed by atoms with Crippen LogP contribution in [-0.4, -0.2) is 17.4 Å². The summed E-state index contributed by atoms with van der Waals surface area (Å²) in [5.41, 5.74) is 4.18. The van der Waals surface area contributed by atoms with Crippen LogP contribution in [0.2, 0.25) is 0 Å². The van der Waals surface area contributed by atoms with Gasteiger partial charge in [-0.15, -0.1) is 0 Å². The van der Waals surface area contributed by atoms with Crippen molar-refractivity contribution in [3.05, 3.63) is 34.9 Å². The summed E-state index contributed by atoms with van der Waals surface area (Å²) in [5, 5.41) is 0. The first-order valence-electron chi connectivity index (χ1n) is 6.07. The predicted molar refractivity (Wildman–Crippen MR) is 65.2 cm³/mol. The van der Waals surface area contributed by atoms with E-state index in [0.29, 0.717) is 0 Å². The second-order valence-electron chi connectivity index (χ2n) is 4.54. The van der Waals surface area contributed by atoms with E-state index in [1.807, 2.05) is 4.90 Å². The second-order valence-corrected chi connectivity index (χ2v) is 4.54. The van der Waals surface area contributed by atoms with Crippen LogP contribution in [0.5, 0.6) is 0 Å². The average Bonchev–Trinajstić information content (AvgIpc) is 2.28. The molecule has 0 spiro atoms. The van der Waals surface area contributed by atoms with Gasteiger partial charge >= 0.3 is 0 Å². The largest absolute Gasteiger partial charge is 0.338 e. The fourth-order valence-corrected chi connectivity index (χ4v) is 2.32. The van der Waals surface area contributed by atoms with Gasteiger partial charge in [0.1, 0.15) is 0 Å². The summed E-state index contributed by atoms with van der Waals surface area (Å²) in [4.78, 5) is 13.2. The molecule has 0 saturated carbocycles. The van der Waals surface area contributed by atoms with E-state index in [1.165, 1.54) is 23.1 Å². The minimum Gasteiger partial charge on any atom is -0.338 e. The Bertz CT molecular complexity index is 398. The van der Waals surface area contributed by atoms with Crippen LogP contribution in [0.15, 0.2) is 18.2 Å². The van der Waals surface area contributed by atoms with E-state index >= 15 is 0 Å². The Hall–Kier alpha value is -1.31. The van der Waals surface area contributed by atoms with Gasteiger partial charge in [-0.05, 0) is 29.5 Å². The highest BCUT2D eigenvalue weighted by atomic mass is 16.2. The minimum atomic E-state index is 0.184. The van der Waals surface area contributed by atoms with Gasteiger partial charge in [0, 0.05) is 20.0 Å². The van der Waals surface area contributed by atoms with Gasteiger partial charge in [-0.25, -0.2) is 0 Å². The number of amides is 1. The Morgan fingerprint density at radius 2 is 2.19 bits per heavy atom. The SMILES string of the molecule is CCCc1ccc2c(c1)CCN(C(C)=O)C2. The van der Waals surface area contributed by atoms with Gasteiger partial charge in [0.15, 0.2) is 0 Å². The average molecular weight is 217 g/mol. The van der Waals surface area contributed by atoms with Gasteiger partial charge in [0.05, 0.1) is 0 Å². The molecule has 0 N–H and O–H groups in total. The Morgan fingerprint density at radius 3 is 2.88 bits per heavy atom. The molecule has 1 aromatic rings. The molecule has 0 saturated heterocycles. The lowest BCUT2D eigenvalue weighted by atomic mass is 9.96. The van der Waals surface area contributed by atoms with Gasteiger partial charge in [0.25, 0.3) is 0 Å². The molecule has 0 unspecified atom stereocenters. The van der Waals surface area contributed by atoms with E-state index in [-0.39, 0.29) is 5.91 Å². The number of aryl methyl sites for hydroxylation is 1. The molecule has 0 atom stereocenters. The van der Waals surface area contributed by atoms with Crippen LogP contribution in [0.3, 0.4) is 0 Å². The van der Waals surface area contributed by atoms with Crippen LogP contribution in [0.4, 0.5) is 0 Å². The first-order chi connectivity index (χ1) is 7.70. The zero-order valence-electron chi connectivity index (χ0n) is 10.1. The Balaban J connectivity index is 2.18. The van der Waals surface area contributed by atoms with Crippen molar-refractivity contribution in [2.45, 2.75) is 39.7 Å². The lowest BCUT2D eigenvalue weighted by Gasteiger charge is -2.28. The van der Waals surface area contributed by atoms with Crippen molar-refractivity contribution in [1.82, 2.24) is 4.90 Å². The summed E-state index contributed by atoms with van der Waals surface area (Å²) in [6, 6.07) is 6.71. The number of benzene rings is 1. The maximum absolute atomic E-state index is 11.3. The van der Waals surface area contributed by atoms with Gasteiger partial charge in [-0.1, -0.05) is 31.5 Å². The van der Waals surface area contributed by atoms with E-state index < -0.39 is 0 Å². The number of rotatable bonds is 2. The summed E-state index contributed by atoms with van der Waals surface area (Å²) in [5.74, 6) is 0.184. The van der Waals surface area contributed by atoms with Crippen molar-refractivity contribution in [3.8, 4) is 0 Å². The molecule has 0 fully saturated rings. The highest BCUT2D eigenvalue weighted by Gasteiger charge is 2.17. The summed E-state index contributed by atoms with van der Waals surface area (Å²) in [6.45, 7) is 5.52. The van der Waals surface area contributed by atoms with Gasteiger partial charge in [-0.2, -0.15) is 0 Å². The van der Waals surface area contributed by atoms with Crippen molar-refractivity contribution in [3.63, 3.8) is 0 Å². The lowest BCUT2D eigenvalue weighted by Crippen LogP contribution is -2.34. The predicted octanol–water partition coefficient (Wildman–Crippen LogP) is 2.54. The van der Waals surface area contributed by atoms with Crippen molar-refractivity contribution in [1.29, 1.82) is 0 Å². The van der Waals surface area contributed by atoms with Crippen LogP contribution in [0.25, 0.3) is 0 Å². The molecule has 1 amide bonds. The van der Waals surface area contributed by atoms with Crippen LogP contribution in [-0.2, 0) is 24.2 Å². The standard InChI is InChI=1S/C14H19NO/c1-3-4-12-5-6-14-10-15(11(2)16)8-7-13(14)9-12/h5-6,9H,3-4,7-8,10H2,1-2H3. The topological polar surface area (TPSA) is 20.3 Å². The highest BCUT2D eigenvalue weighted by molar-refractivity contribution is 5.73. The molecule has 1 heterocycles. The van der Waals surface area contributed by atoms with Gasteiger partial charge in [0.2, 0.25) is 5.91 Å². The van der Waals surface area contributed by atoms with E-state index in [1.54, 1.807) is 6.92 Å². The normalized spacial score (nSPS) is 14.8.